The van der Waals surface area contributed by atoms with Crippen LogP contribution in [-0.4, -0.2) is 47.9 Å². The Hall–Kier alpha value is -1.16. The maximum absolute atomic E-state index is 13.8. The number of halogens is 1. The molecule has 1 fully saturated rings. The molecular formula is C16H27FN2O. The second-order valence-electron chi connectivity index (χ2n) is 5.68. The van der Waals surface area contributed by atoms with Gasteiger partial charge in [0.1, 0.15) is 5.83 Å². The smallest absolute Gasteiger partial charge is 0.256 e. The Bertz CT molecular complexity index is 393. The summed E-state index contributed by atoms with van der Waals surface area (Å²) in [5, 5.41) is 0. The van der Waals surface area contributed by atoms with E-state index in [0.717, 1.165) is 25.9 Å². The fraction of sp³-hybridized carbons (Fsp3) is 0.688. The molecule has 3 nitrogen and oxygen atoms in total. The molecule has 1 heterocycles. The highest BCUT2D eigenvalue weighted by Gasteiger charge is 2.31. The summed E-state index contributed by atoms with van der Waals surface area (Å²) in [6.07, 6.45) is 4.83. The summed E-state index contributed by atoms with van der Waals surface area (Å²) in [5.74, 6) is -0.622. The van der Waals surface area contributed by atoms with E-state index in [0.29, 0.717) is 0 Å². The first-order valence-electron chi connectivity index (χ1n) is 7.42. The number of nitrogens with zero attached hydrogens (tertiary/aromatic N) is 2. The van der Waals surface area contributed by atoms with Crippen molar-refractivity contribution in [1.29, 1.82) is 0 Å². The Balaban J connectivity index is 2.93. The van der Waals surface area contributed by atoms with Crippen molar-refractivity contribution >= 4 is 5.91 Å². The molecule has 1 aliphatic heterocycles. The van der Waals surface area contributed by atoms with Gasteiger partial charge in [0.25, 0.3) is 5.91 Å². The van der Waals surface area contributed by atoms with Gasteiger partial charge in [-0.3, -0.25) is 4.79 Å². The van der Waals surface area contributed by atoms with E-state index in [-0.39, 0.29) is 23.6 Å². The van der Waals surface area contributed by atoms with Crippen LogP contribution in [0.5, 0.6) is 0 Å². The lowest BCUT2D eigenvalue weighted by Crippen LogP contribution is -2.50. The summed E-state index contributed by atoms with van der Waals surface area (Å²) in [6.45, 7) is 9.29. The monoisotopic (exact) mass is 282 g/mol. The minimum Gasteiger partial charge on any atom is -0.333 e. The lowest BCUT2D eigenvalue weighted by atomic mass is 10.00. The third-order valence-corrected chi connectivity index (χ3v) is 3.90. The first-order chi connectivity index (χ1) is 9.42. The summed E-state index contributed by atoms with van der Waals surface area (Å²) in [4.78, 5) is 16.8. The van der Waals surface area contributed by atoms with Crippen LogP contribution >= 0.6 is 0 Å². The molecule has 0 spiro atoms. The molecule has 0 aliphatic carbocycles. The zero-order chi connectivity index (χ0) is 15.3. The van der Waals surface area contributed by atoms with Gasteiger partial charge in [0.05, 0.1) is 5.57 Å². The molecule has 0 radical (unpaired) electrons. The van der Waals surface area contributed by atoms with E-state index in [1.807, 2.05) is 18.7 Å². The Labute approximate surface area is 122 Å². The first-order valence-corrected chi connectivity index (χ1v) is 7.42. The van der Waals surface area contributed by atoms with Crippen molar-refractivity contribution in [2.45, 2.75) is 52.6 Å². The van der Waals surface area contributed by atoms with Crippen LogP contribution in [-0.2, 0) is 4.79 Å². The summed E-state index contributed by atoms with van der Waals surface area (Å²) in [6, 6.07) is 0.286. The fourth-order valence-electron chi connectivity index (χ4n) is 2.75. The van der Waals surface area contributed by atoms with Gasteiger partial charge in [0, 0.05) is 12.1 Å². The number of carbonyl (C=O) groups is 1. The van der Waals surface area contributed by atoms with Crippen LogP contribution in [0.1, 0.15) is 40.5 Å². The number of piperidine rings is 1. The van der Waals surface area contributed by atoms with Crippen molar-refractivity contribution in [3.05, 3.63) is 23.6 Å². The minimum atomic E-state index is -0.434. The third kappa shape index (κ3) is 3.92. The lowest BCUT2D eigenvalue weighted by molar-refractivity contribution is -0.132. The van der Waals surface area contributed by atoms with Crippen LogP contribution in [0.15, 0.2) is 23.6 Å². The standard InChI is InChI=1S/C16H27FN2O/c1-6-14(15(17)7-2)16(20)19(12(3)4)13-8-10-18(5)11-9-13/h6-7,12-13H,8-11H2,1-5H3/b14-6+,15-7+. The van der Waals surface area contributed by atoms with Gasteiger partial charge < -0.3 is 9.80 Å². The van der Waals surface area contributed by atoms with E-state index in [4.69, 9.17) is 0 Å². The SMILES string of the molecule is C/C=C(C(=O)N(C(C)C)C1CCN(C)CC1)\C(F)=C/C. The van der Waals surface area contributed by atoms with Gasteiger partial charge in [0.2, 0.25) is 0 Å². The molecule has 0 bridgehead atoms. The Morgan fingerprint density at radius 1 is 1.25 bits per heavy atom. The molecule has 20 heavy (non-hydrogen) atoms. The summed E-state index contributed by atoms with van der Waals surface area (Å²) < 4.78 is 13.8. The van der Waals surface area contributed by atoms with Crippen LogP contribution in [0.25, 0.3) is 0 Å². The number of likely N-dealkylation sites (tertiary alicyclic amines) is 1. The van der Waals surface area contributed by atoms with Crippen LogP contribution in [0, 0.1) is 0 Å². The first kappa shape index (κ1) is 16.9. The summed E-state index contributed by atoms with van der Waals surface area (Å²) >= 11 is 0. The molecule has 0 N–H and O–H groups in total. The van der Waals surface area contributed by atoms with Crippen LogP contribution in [0.3, 0.4) is 0 Å². The predicted octanol–water partition coefficient (Wildman–Crippen LogP) is 3.14. The number of carbonyl (C=O) groups excluding carboxylic acids is 1. The molecule has 1 saturated heterocycles. The van der Waals surface area contributed by atoms with E-state index in [9.17, 15) is 9.18 Å². The average molecular weight is 282 g/mol. The molecule has 4 heteroatoms. The van der Waals surface area contributed by atoms with E-state index in [1.54, 1.807) is 19.9 Å². The third-order valence-electron chi connectivity index (χ3n) is 3.90. The molecule has 0 atom stereocenters. The van der Waals surface area contributed by atoms with Gasteiger partial charge >= 0.3 is 0 Å². The molecule has 0 aromatic heterocycles. The zero-order valence-electron chi connectivity index (χ0n) is 13.3. The highest BCUT2D eigenvalue weighted by molar-refractivity contribution is 5.97. The molecular weight excluding hydrogens is 255 g/mol. The Morgan fingerprint density at radius 2 is 1.80 bits per heavy atom. The highest BCUT2D eigenvalue weighted by atomic mass is 19.1. The van der Waals surface area contributed by atoms with Crippen LogP contribution in [0.4, 0.5) is 4.39 Å². The molecule has 114 valence electrons. The minimum absolute atomic E-state index is 0.0792. The number of hydrogen-bond donors (Lipinski definition) is 0. The van der Waals surface area contributed by atoms with Crippen LogP contribution < -0.4 is 0 Å². The van der Waals surface area contributed by atoms with Crippen LogP contribution in [0.2, 0.25) is 0 Å². The number of allylic oxidation sites excluding steroid dienone is 2. The zero-order valence-corrected chi connectivity index (χ0v) is 13.3. The van der Waals surface area contributed by atoms with Gasteiger partial charge in [-0.2, -0.15) is 0 Å². The maximum Gasteiger partial charge on any atom is 0.256 e. The van der Waals surface area contributed by atoms with E-state index in [1.165, 1.54) is 6.08 Å². The number of rotatable bonds is 4. The van der Waals surface area contributed by atoms with Gasteiger partial charge in [-0.1, -0.05) is 12.2 Å². The van der Waals surface area contributed by atoms with Gasteiger partial charge in [-0.05, 0) is 60.7 Å². The van der Waals surface area contributed by atoms with Crippen molar-refractivity contribution in [3.8, 4) is 0 Å². The van der Waals surface area contributed by atoms with Gasteiger partial charge in [0.15, 0.2) is 0 Å². The molecule has 0 unspecified atom stereocenters. The molecule has 1 rings (SSSR count). The second kappa shape index (κ2) is 7.58. The van der Waals surface area contributed by atoms with Crippen molar-refractivity contribution < 1.29 is 9.18 Å². The Kier molecular flexibility index (Phi) is 6.40. The summed E-state index contributed by atoms with van der Waals surface area (Å²) in [5.41, 5.74) is 0.181. The highest BCUT2D eigenvalue weighted by Crippen LogP contribution is 2.23. The van der Waals surface area contributed by atoms with Gasteiger partial charge in [-0.15, -0.1) is 0 Å². The van der Waals surface area contributed by atoms with E-state index in [2.05, 4.69) is 11.9 Å². The predicted molar refractivity (Wildman–Crippen MR) is 81.1 cm³/mol. The summed E-state index contributed by atoms with van der Waals surface area (Å²) in [7, 11) is 2.09. The number of hydrogen-bond acceptors (Lipinski definition) is 2. The molecule has 0 aromatic carbocycles. The van der Waals surface area contributed by atoms with Crippen molar-refractivity contribution in [2.75, 3.05) is 20.1 Å². The number of amides is 1. The largest absolute Gasteiger partial charge is 0.333 e. The average Bonchev–Trinajstić information content (AvgIpc) is 2.41. The fourth-order valence-corrected chi connectivity index (χ4v) is 2.75. The van der Waals surface area contributed by atoms with Crippen molar-refractivity contribution in [3.63, 3.8) is 0 Å². The van der Waals surface area contributed by atoms with E-state index >= 15 is 0 Å². The second-order valence-corrected chi connectivity index (χ2v) is 5.68. The topological polar surface area (TPSA) is 23.6 Å². The van der Waals surface area contributed by atoms with Gasteiger partial charge in [-0.25, -0.2) is 4.39 Å². The molecule has 1 aliphatic rings. The maximum atomic E-state index is 13.8. The Morgan fingerprint density at radius 3 is 2.20 bits per heavy atom. The quantitative estimate of drug-likeness (QED) is 0.584. The van der Waals surface area contributed by atoms with Crippen molar-refractivity contribution in [2.24, 2.45) is 0 Å². The lowest BCUT2D eigenvalue weighted by Gasteiger charge is -2.40. The van der Waals surface area contributed by atoms with Crippen molar-refractivity contribution in [1.82, 2.24) is 9.80 Å². The molecule has 1 amide bonds. The molecule has 0 aromatic rings. The molecule has 0 saturated carbocycles. The normalized spacial score (nSPS) is 19.6. The van der Waals surface area contributed by atoms with E-state index < -0.39 is 5.83 Å².